The fourth-order valence-corrected chi connectivity index (χ4v) is 9.53. The number of phosphoric acid groups is 1. The molecule has 0 aromatic carbocycles. The van der Waals surface area contributed by atoms with E-state index in [4.69, 9.17) is 23.3 Å². The second-order valence-electron chi connectivity index (χ2n) is 20.5. The van der Waals surface area contributed by atoms with Gasteiger partial charge in [0.05, 0.1) is 19.8 Å². The van der Waals surface area contributed by atoms with E-state index >= 15 is 0 Å². The molecule has 0 rings (SSSR count). The van der Waals surface area contributed by atoms with Crippen LogP contribution in [-0.2, 0) is 42.2 Å². The molecule has 424 valence electrons. The minimum absolute atomic E-state index is 0.164. The van der Waals surface area contributed by atoms with E-state index in [0.29, 0.717) is 19.3 Å². The van der Waals surface area contributed by atoms with E-state index < -0.39 is 57.8 Å². The summed E-state index contributed by atoms with van der Waals surface area (Å²) < 4.78 is 39.6. The lowest BCUT2D eigenvalue weighted by Gasteiger charge is -2.21. The third-order valence-corrected chi connectivity index (χ3v) is 14.3. The highest BCUT2D eigenvalue weighted by molar-refractivity contribution is 7.47. The van der Waals surface area contributed by atoms with E-state index in [-0.39, 0.29) is 25.9 Å². The van der Waals surface area contributed by atoms with Gasteiger partial charge in [0.25, 0.3) is 0 Å². The minimum Gasteiger partial charge on any atom is -0.462 e. The number of esters is 3. The van der Waals surface area contributed by atoms with Crippen LogP contribution in [0, 0.1) is 0 Å². The van der Waals surface area contributed by atoms with Crippen molar-refractivity contribution in [1.29, 1.82) is 0 Å². The summed E-state index contributed by atoms with van der Waals surface area (Å²) >= 11 is 0. The lowest BCUT2D eigenvalue weighted by atomic mass is 10.0. The third kappa shape index (κ3) is 52.8. The van der Waals surface area contributed by atoms with Gasteiger partial charge in [-0.25, -0.2) is 4.57 Å². The van der Waals surface area contributed by atoms with Gasteiger partial charge in [-0.15, -0.1) is 0 Å². The Hall–Kier alpha value is -2.04. The second-order valence-corrected chi connectivity index (χ2v) is 22.0. The standard InChI is InChI=1S/C60H113O11P/c1-4-7-10-13-16-19-22-25-27-28-30-33-36-39-42-45-48-51-60(64)71-57(53-67-58(62)49-46-43-40-37-34-31-24-21-18-15-12-9-6-3)55-69-72(65,66)68-54-56(52-61)70-59(63)50-47-44-41-38-35-32-29-26-23-20-17-14-11-8-5-2/h16,19,25,27,56-57,61H,4-15,17-18,20-24,26,28-55H2,1-3H3,(H,65,66)/b19-16-,27-25-. The molecule has 0 bridgehead atoms. The van der Waals surface area contributed by atoms with Crippen LogP contribution in [0.5, 0.6) is 0 Å². The van der Waals surface area contributed by atoms with Gasteiger partial charge in [-0.3, -0.25) is 23.4 Å². The van der Waals surface area contributed by atoms with Crippen LogP contribution in [0.25, 0.3) is 0 Å². The number of aliphatic hydroxyl groups excluding tert-OH is 1. The lowest BCUT2D eigenvalue weighted by molar-refractivity contribution is -0.161. The first-order chi connectivity index (χ1) is 35.2. The number of carbonyl (C=O) groups excluding carboxylic acids is 3. The van der Waals surface area contributed by atoms with Crippen molar-refractivity contribution in [2.24, 2.45) is 0 Å². The Morgan fingerprint density at radius 2 is 0.681 bits per heavy atom. The molecule has 0 radical (unpaired) electrons. The zero-order valence-electron chi connectivity index (χ0n) is 46.9. The van der Waals surface area contributed by atoms with E-state index in [1.807, 2.05) is 0 Å². The SMILES string of the molecule is CCCCC/C=C\C/C=C\CCCCCCCCCC(=O)OC(COC(=O)CCCCCCCCCCCCCCC)COP(=O)(O)OCC(CO)OC(=O)CCCCCCCCCCCCCCCCC. The number of aliphatic hydroxyl groups is 1. The zero-order valence-corrected chi connectivity index (χ0v) is 47.8. The van der Waals surface area contributed by atoms with Gasteiger partial charge < -0.3 is 24.2 Å². The molecule has 0 aromatic rings. The van der Waals surface area contributed by atoms with Crippen LogP contribution in [-0.4, -0.2) is 66.5 Å². The predicted octanol–water partition coefficient (Wildman–Crippen LogP) is 17.8. The van der Waals surface area contributed by atoms with Crippen molar-refractivity contribution >= 4 is 25.7 Å². The number of allylic oxidation sites excluding steroid dienone is 4. The van der Waals surface area contributed by atoms with Crippen molar-refractivity contribution in [1.82, 2.24) is 0 Å². The van der Waals surface area contributed by atoms with E-state index in [9.17, 15) is 28.9 Å². The molecule has 0 spiro atoms. The summed E-state index contributed by atoms with van der Waals surface area (Å²) in [7, 11) is -4.74. The first-order valence-corrected chi connectivity index (χ1v) is 31.7. The van der Waals surface area contributed by atoms with Crippen molar-refractivity contribution in [3.63, 3.8) is 0 Å². The smallest absolute Gasteiger partial charge is 0.462 e. The highest BCUT2D eigenvalue weighted by Crippen LogP contribution is 2.43. The predicted molar refractivity (Wildman–Crippen MR) is 298 cm³/mol. The summed E-state index contributed by atoms with van der Waals surface area (Å²) in [5.74, 6) is -1.45. The lowest BCUT2D eigenvalue weighted by Crippen LogP contribution is -2.30. The summed E-state index contributed by atoms with van der Waals surface area (Å²) in [6, 6.07) is 0. The van der Waals surface area contributed by atoms with Gasteiger partial charge in [-0.1, -0.05) is 257 Å². The molecule has 0 saturated heterocycles. The second kappa shape index (κ2) is 55.2. The van der Waals surface area contributed by atoms with Crippen molar-refractivity contribution in [2.45, 2.75) is 315 Å². The Labute approximate surface area is 442 Å². The summed E-state index contributed by atoms with van der Waals surface area (Å²) in [5.41, 5.74) is 0. The molecule has 3 atom stereocenters. The van der Waals surface area contributed by atoms with Crippen LogP contribution in [0.1, 0.15) is 303 Å². The van der Waals surface area contributed by atoms with Crippen LogP contribution in [0.2, 0.25) is 0 Å². The van der Waals surface area contributed by atoms with Gasteiger partial charge in [-0.2, -0.15) is 0 Å². The van der Waals surface area contributed by atoms with E-state index in [0.717, 1.165) is 77.0 Å². The fourth-order valence-electron chi connectivity index (χ4n) is 8.74. The number of hydrogen-bond acceptors (Lipinski definition) is 10. The van der Waals surface area contributed by atoms with Gasteiger partial charge >= 0.3 is 25.7 Å². The van der Waals surface area contributed by atoms with Crippen LogP contribution in [0.4, 0.5) is 0 Å². The summed E-state index contributed by atoms with van der Waals surface area (Å²) in [6.45, 7) is 4.67. The van der Waals surface area contributed by atoms with E-state index in [1.165, 1.54) is 167 Å². The monoisotopic (exact) mass is 1040 g/mol. The zero-order chi connectivity index (χ0) is 52.7. The summed E-state index contributed by atoms with van der Waals surface area (Å²) in [5, 5.41) is 9.82. The normalized spacial score (nSPS) is 13.5. The number of hydrogen-bond donors (Lipinski definition) is 2. The molecule has 0 aliphatic carbocycles. The molecule has 12 heteroatoms. The van der Waals surface area contributed by atoms with Crippen molar-refractivity contribution < 1.29 is 52.2 Å². The molecule has 0 aromatic heterocycles. The topological polar surface area (TPSA) is 155 Å². The van der Waals surface area contributed by atoms with Crippen molar-refractivity contribution in [3.8, 4) is 0 Å². The van der Waals surface area contributed by atoms with Crippen LogP contribution >= 0.6 is 7.82 Å². The number of ether oxygens (including phenoxy) is 3. The minimum atomic E-state index is -4.74. The molecule has 0 amide bonds. The first kappa shape index (κ1) is 70.0. The molecule has 0 saturated carbocycles. The molecule has 0 aliphatic rings. The molecule has 2 N–H and O–H groups in total. The van der Waals surface area contributed by atoms with Gasteiger partial charge in [0.15, 0.2) is 6.10 Å². The molecular weight excluding hydrogens is 928 g/mol. The summed E-state index contributed by atoms with van der Waals surface area (Å²) in [4.78, 5) is 48.6. The maximum Gasteiger partial charge on any atom is 0.472 e. The summed E-state index contributed by atoms with van der Waals surface area (Å²) in [6.07, 6.45) is 55.5. The Bertz CT molecular complexity index is 1310. The molecule has 3 unspecified atom stereocenters. The highest BCUT2D eigenvalue weighted by atomic mass is 31.2. The molecular formula is C60H113O11P. The maximum absolute atomic E-state index is 12.9. The number of rotatable bonds is 57. The van der Waals surface area contributed by atoms with Gasteiger partial charge in [0.1, 0.15) is 12.7 Å². The quantitative estimate of drug-likeness (QED) is 0.0197. The van der Waals surface area contributed by atoms with Gasteiger partial charge in [0.2, 0.25) is 0 Å². The Morgan fingerprint density at radius 1 is 0.389 bits per heavy atom. The van der Waals surface area contributed by atoms with Crippen molar-refractivity contribution in [3.05, 3.63) is 24.3 Å². The largest absolute Gasteiger partial charge is 0.472 e. The average Bonchev–Trinajstić information content (AvgIpc) is 3.37. The number of unbranched alkanes of at least 4 members (excludes halogenated alkanes) is 36. The van der Waals surface area contributed by atoms with Crippen molar-refractivity contribution in [2.75, 3.05) is 26.4 Å². The molecule has 0 fully saturated rings. The Kier molecular flexibility index (Phi) is 53.6. The molecule has 11 nitrogen and oxygen atoms in total. The average molecular weight is 1040 g/mol. The third-order valence-electron chi connectivity index (χ3n) is 13.4. The van der Waals surface area contributed by atoms with E-state index in [2.05, 4.69) is 45.1 Å². The Balaban J connectivity index is 4.67. The van der Waals surface area contributed by atoms with Gasteiger partial charge in [-0.05, 0) is 51.4 Å². The van der Waals surface area contributed by atoms with Gasteiger partial charge in [0, 0.05) is 19.3 Å². The van der Waals surface area contributed by atoms with Crippen LogP contribution in [0.15, 0.2) is 24.3 Å². The number of phosphoric ester groups is 1. The molecule has 0 heterocycles. The molecule has 0 aliphatic heterocycles. The highest BCUT2D eigenvalue weighted by Gasteiger charge is 2.28. The maximum atomic E-state index is 12.9. The molecule has 72 heavy (non-hydrogen) atoms. The van der Waals surface area contributed by atoms with Crippen LogP contribution in [0.3, 0.4) is 0 Å². The Morgan fingerprint density at radius 3 is 1.06 bits per heavy atom. The fraction of sp³-hybridized carbons (Fsp3) is 0.883. The first-order valence-electron chi connectivity index (χ1n) is 30.2. The number of carbonyl (C=O) groups is 3. The van der Waals surface area contributed by atoms with Crippen LogP contribution < -0.4 is 0 Å². The van der Waals surface area contributed by atoms with E-state index in [1.54, 1.807) is 0 Å².